The van der Waals surface area contributed by atoms with E-state index in [0.717, 1.165) is 19.0 Å². The summed E-state index contributed by atoms with van der Waals surface area (Å²) in [4.78, 5) is 0. The van der Waals surface area contributed by atoms with Crippen LogP contribution in [0.3, 0.4) is 0 Å². The van der Waals surface area contributed by atoms with Crippen molar-refractivity contribution < 1.29 is 0 Å². The molecule has 1 unspecified atom stereocenters. The molecule has 1 N–H and O–H groups in total. The van der Waals surface area contributed by atoms with Crippen LogP contribution >= 0.6 is 27.7 Å². The first-order valence-electron chi connectivity index (χ1n) is 7.29. The highest BCUT2D eigenvalue weighted by molar-refractivity contribution is 9.10. The molecule has 1 aromatic carbocycles. The maximum absolute atomic E-state index is 3.58. The second kappa shape index (κ2) is 10.8. The lowest BCUT2D eigenvalue weighted by atomic mass is 9.97. The lowest BCUT2D eigenvalue weighted by Crippen LogP contribution is -2.25. The van der Waals surface area contributed by atoms with E-state index in [0.29, 0.717) is 0 Å². The van der Waals surface area contributed by atoms with Crippen LogP contribution in [0.25, 0.3) is 0 Å². The first kappa shape index (κ1) is 17.1. The van der Waals surface area contributed by atoms with Crippen molar-refractivity contribution in [1.29, 1.82) is 0 Å². The molecule has 1 atom stereocenters. The van der Waals surface area contributed by atoms with Gasteiger partial charge in [-0.1, -0.05) is 41.9 Å². The molecule has 0 aliphatic heterocycles. The summed E-state index contributed by atoms with van der Waals surface area (Å²) in [6.45, 7) is 6.74. The topological polar surface area (TPSA) is 12.0 Å². The fourth-order valence-corrected chi connectivity index (χ4v) is 3.39. The summed E-state index contributed by atoms with van der Waals surface area (Å²) >= 11 is 5.61. The third-order valence-electron chi connectivity index (χ3n) is 3.15. The average molecular weight is 344 g/mol. The molecule has 0 bridgehead atoms. The van der Waals surface area contributed by atoms with Gasteiger partial charge in [-0.3, -0.25) is 0 Å². The Bertz CT molecular complexity index is 333. The van der Waals surface area contributed by atoms with Crippen molar-refractivity contribution in [3.05, 3.63) is 34.3 Å². The Morgan fingerprint density at radius 1 is 1.32 bits per heavy atom. The molecule has 0 fully saturated rings. The van der Waals surface area contributed by atoms with Gasteiger partial charge in [-0.05, 0) is 67.5 Å². The molecule has 0 aromatic heterocycles. The fourth-order valence-electron chi connectivity index (χ4n) is 2.15. The highest BCUT2D eigenvalue weighted by atomic mass is 79.9. The van der Waals surface area contributed by atoms with Crippen LogP contribution in [0, 0.1) is 5.92 Å². The van der Waals surface area contributed by atoms with Crippen LogP contribution in [0.1, 0.15) is 32.3 Å². The molecule has 0 saturated heterocycles. The smallest absolute Gasteiger partial charge is 0.0177 e. The summed E-state index contributed by atoms with van der Waals surface area (Å²) in [6, 6.07) is 8.72. The monoisotopic (exact) mass is 343 g/mol. The number of hydrogen-bond donors (Lipinski definition) is 1. The van der Waals surface area contributed by atoms with E-state index in [9.17, 15) is 0 Å². The van der Waals surface area contributed by atoms with Gasteiger partial charge in [0.2, 0.25) is 0 Å². The molecular weight excluding hydrogens is 318 g/mol. The predicted molar refractivity (Wildman–Crippen MR) is 92.1 cm³/mol. The van der Waals surface area contributed by atoms with Gasteiger partial charge in [-0.2, -0.15) is 11.8 Å². The number of benzene rings is 1. The van der Waals surface area contributed by atoms with E-state index in [2.05, 4.69) is 71.1 Å². The summed E-state index contributed by atoms with van der Waals surface area (Å²) < 4.78 is 1.19. The minimum absolute atomic E-state index is 0.750. The highest BCUT2D eigenvalue weighted by Gasteiger charge is 2.09. The van der Waals surface area contributed by atoms with E-state index in [1.54, 1.807) is 0 Å². The molecule has 0 aliphatic carbocycles. The van der Waals surface area contributed by atoms with Crippen LogP contribution in [-0.2, 0) is 6.42 Å². The number of thioether (sulfide) groups is 1. The Kier molecular flexibility index (Phi) is 9.66. The van der Waals surface area contributed by atoms with Crippen molar-refractivity contribution in [2.45, 2.75) is 33.1 Å². The zero-order chi connectivity index (χ0) is 13.9. The van der Waals surface area contributed by atoms with E-state index in [1.165, 1.54) is 40.8 Å². The van der Waals surface area contributed by atoms with E-state index >= 15 is 0 Å². The average Bonchev–Trinajstić information content (AvgIpc) is 2.39. The van der Waals surface area contributed by atoms with E-state index in [-0.39, 0.29) is 0 Å². The van der Waals surface area contributed by atoms with Crippen LogP contribution in [0.5, 0.6) is 0 Å². The van der Waals surface area contributed by atoms with E-state index in [1.807, 2.05) is 0 Å². The highest BCUT2D eigenvalue weighted by Crippen LogP contribution is 2.18. The minimum atomic E-state index is 0.750. The molecule has 1 nitrogen and oxygen atoms in total. The summed E-state index contributed by atoms with van der Waals surface area (Å²) in [5, 5.41) is 3.58. The Morgan fingerprint density at radius 3 is 2.84 bits per heavy atom. The number of nitrogens with one attached hydrogen (secondary N) is 1. The Balaban J connectivity index is 2.46. The van der Waals surface area contributed by atoms with Gasteiger partial charge in [0, 0.05) is 4.47 Å². The Labute approximate surface area is 131 Å². The molecule has 19 heavy (non-hydrogen) atoms. The standard InChI is InChI=1S/C16H26BrNS/c1-3-9-18-13-15(8-10-19-4-2)11-14-6-5-7-16(17)12-14/h5-7,12,15,18H,3-4,8-11,13H2,1-2H3. The zero-order valence-corrected chi connectivity index (χ0v) is 14.5. The van der Waals surface area contributed by atoms with Crippen LogP contribution < -0.4 is 5.32 Å². The maximum Gasteiger partial charge on any atom is 0.0177 e. The molecule has 3 heteroatoms. The Hall–Kier alpha value is 0.01000. The summed E-state index contributed by atoms with van der Waals surface area (Å²) in [5.74, 6) is 3.26. The molecular formula is C16H26BrNS. The van der Waals surface area contributed by atoms with Gasteiger partial charge in [0.25, 0.3) is 0 Å². The van der Waals surface area contributed by atoms with Crippen molar-refractivity contribution in [3.63, 3.8) is 0 Å². The molecule has 108 valence electrons. The predicted octanol–water partition coefficient (Wildman–Crippen LogP) is 4.75. The fraction of sp³-hybridized carbons (Fsp3) is 0.625. The van der Waals surface area contributed by atoms with Gasteiger partial charge < -0.3 is 5.32 Å². The molecule has 0 amide bonds. The van der Waals surface area contributed by atoms with Crippen molar-refractivity contribution in [3.8, 4) is 0 Å². The van der Waals surface area contributed by atoms with Crippen LogP contribution in [-0.4, -0.2) is 24.6 Å². The molecule has 0 saturated carbocycles. The zero-order valence-electron chi connectivity index (χ0n) is 12.1. The normalized spacial score (nSPS) is 12.6. The van der Waals surface area contributed by atoms with Gasteiger partial charge >= 0.3 is 0 Å². The van der Waals surface area contributed by atoms with Crippen molar-refractivity contribution in [2.75, 3.05) is 24.6 Å². The van der Waals surface area contributed by atoms with Crippen molar-refractivity contribution in [2.24, 2.45) is 5.92 Å². The first-order valence-corrected chi connectivity index (χ1v) is 9.24. The van der Waals surface area contributed by atoms with Gasteiger partial charge in [0.15, 0.2) is 0 Å². The van der Waals surface area contributed by atoms with E-state index < -0.39 is 0 Å². The number of hydrogen-bond acceptors (Lipinski definition) is 2. The van der Waals surface area contributed by atoms with Gasteiger partial charge in [0.05, 0.1) is 0 Å². The van der Waals surface area contributed by atoms with Gasteiger partial charge in [-0.15, -0.1) is 0 Å². The van der Waals surface area contributed by atoms with Gasteiger partial charge in [0.1, 0.15) is 0 Å². The summed E-state index contributed by atoms with van der Waals surface area (Å²) in [6.07, 6.45) is 3.70. The maximum atomic E-state index is 3.58. The third-order valence-corrected chi connectivity index (χ3v) is 4.57. The first-order chi connectivity index (χ1) is 9.26. The SMILES string of the molecule is CCCNCC(CCSCC)Cc1cccc(Br)c1. The van der Waals surface area contributed by atoms with Crippen molar-refractivity contribution >= 4 is 27.7 Å². The lowest BCUT2D eigenvalue weighted by Gasteiger charge is -2.17. The minimum Gasteiger partial charge on any atom is -0.316 e. The van der Waals surface area contributed by atoms with Crippen LogP contribution in [0.15, 0.2) is 28.7 Å². The summed E-state index contributed by atoms with van der Waals surface area (Å²) in [5.41, 5.74) is 1.44. The molecule has 1 rings (SSSR count). The molecule has 0 spiro atoms. The van der Waals surface area contributed by atoms with Gasteiger partial charge in [-0.25, -0.2) is 0 Å². The number of halogens is 1. The van der Waals surface area contributed by atoms with Crippen LogP contribution in [0.2, 0.25) is 0 Å². The molecule has 0 aliphatic rings. The van der Waals surface area contributed by atoms with E-state index in [4.69, 9.17) is 0 Å². The molecule has 0 heterocycles. The van der Waals surface area contributed by atoms with Crippen molar-refractivity contribution in [1.82, 2.24) is 5.32 Å². The largest absolute Gasteiger partial charge is 0.316 e. The third kappa shape index (κ3) is 8.01. The summed E-state index contributed by atoms with van der Waals surface area (Å²) in [7, 11) is 0. The number of rotatable bonds is 10. The molecule has 1 aromatic rings. The second-order valence-corrected chi connectivity index (χ2v) is 7.20. The molecule has 0 radical (unpaired) electrons. The quantitative estimate of drug-likeness (QED) is 0.615. The Morgan fingerprint density at radius 2 is 2.16 bits per heavy atom. The lowest BCUT2D eigenvalue weighted by molar-refractivity contribution is 0.463. The second-order valence-electron chi connectivity index (χ2n) is 4.89. The van der Waals surface area contributed by atoms with Crippen LogP contribution in [0.4, 0.5) is 0 Å².